The van der Waals surface area contributed by atoms with Gasteiger partial charge in [-0.25, -0.2) is 13.3 Å². The summed E-state index contributed by atoms with van der Waals surface area (Å²) in [4.78, 5) is 14.8. The zero-order chi connectivity index (χ0) is 28.2. The van der Waals surface area contributed by atoms with Gasteiger partial charge in [0, 0.05) is 23.9 Å². The van der Waals surface area contributed by atoms with Gasteiger partial charge in [0.15, 0.2) is 5.82 Å². The molecule has 3 aromatic heterocycles. The van der Waals surface area contributed by atoms with Crippen LogP contribution in [-0.2, 0) is 0 Å². The Morgan fingerprint density at radius 1 is 1.14 bits per heavy atom. The molecule has 0 saturated carbocycles. The largest absolute Gasteiger partial charge is 0.382 e. The summed E-state index contributed by atoms with van der Waals surface area (Å²) in [5.74, 6) is -1.95. The Kier molecular flexibility index (Phi) is 13.0. The number of fused-ring (bicyclic) bond motifs is 1. The molecule has 11 heteroatoms. The van der Waals surface area contributed by atoms with Crippen molar-refractivity contribution in [3.63, 3.8) is 0 Å². The first-order valence-corrected chi connectivity index (χ1v) is 12.5. The monoisotopic (exact) mass is 522 g/mol. The molecule has 0 atom stereocenters. The molecule has 0 aromatic carbocycles. The van der Waals surface area contributed by atoms with E-state index in [9.17, 15) is 13.2 Å². The fourth-order valence-corrected chi connectivity index (χ4v) is 3.50. The van der Waals surface area contributed by atoms with Crippen molar-refractivity contribution in [2.24, 2.45) is 4.99 Å². The Bertz CT molecular complexity index is 1140. The van der Waals surface area contributed by atoms with Gasteiger partial charge in [-0.2, -0.15) is 4.98 Å². The van der Waals surface area contributed by atoms with E-state index in [4.69, 9.17) is 11.5 Å². The molecule has 0 bridgehead atoms. The van der Waals surface area contributed by atoms with Gasteiger partial charge in [0.2, 0.25) is 5.95 Å². The maximum atomic E-state index is 12.4. The number of nitrogens with two attached hydrogens (primary N) is 2. The highest BCUT2D eigenvalue weighted by molar-refractivity contribution is 5.87. The van der Waals surface area contributed by atoms with Crippen molar-refractivity contribution in [2.45, 2.75) is 66.7 Å². The summed E-state index contributed by atoms with van der Waals surface area (Å²) in [6.07, 6.45) is 3.14. The average Bonchev–Trinajstić information content (AvgIpc) is 3.25. The minimum atomic E-state index is -2.42. The normalized spacial score (nSPS) is 14.3. The van der Waals surface area contributed by atoms with Crippen LogP contribution in [0.3, 0.4) is 0 Å². The quantitative estimate of drug-likeness (QED) is 0.401. The molecule has 4 heterocycles. The van der Waals surface area contributed by atoms with Crippen LogP contribution in [0, 0.1) is 6.92 Å². The lowest BCUT2D eigenvalue weighted by atomic mass is 10.1. The van der Waals surface area contributed by atoms with E-state index >= 15 is 0 Å². The third-order valence-electron chi connectivity index (χ3n) is 5.00. The van der Waals surface area contributed by atoms with Crippen LogP contribution < -0.4 is 11.5 Å². The number of alkyl halides is 3. The van der Waals surface area contributed by atoms with E-state index in [1.165, 1.54) is 0 Å². The molecule has 8 nitrogen and oxygen atoms in total. The number of aliphatic imine (C=N–C) groups is 1. The molecular weight excluding hydrogens is 481 g/mol. The van der Waals surface area contributed by atoms with E-state index in [2.05, 4.69) is 20.1 Å². The van der Waals surface area contributed by atoms with Gasteiger partial charge >= 0.3 is 0 Å². The van der Waals surface area contributed by atoms with Gasteiger partial charge in [-0.15, -0.1) is 5.10 Å². The molecule has 0 unspecified atom stereocenters. The number of aromatic nitrogens is 4. The zero-order valence-corrected chi connectivity index (χ0v) is 23.0. The topological polar surface area (TPSA) is 111 Å². The molecular formula is C26H41F3N8. The van der Waals surface area contributed by atoms with E-state index in [0.717, 1.165) is 34.9 Å². The van der Waals surface area contributed by atoms with Crippen molar-refractivity contribution in [1.29, 1.82) is 0 Å². The smallest absolute Gasteiger partial charge is 0.260 e. The van der Waals surface area contributed by atoms with Crippen molar-refractivity contribution >= 4 is 28.7 Å². The van der Waals surface area contributed by atoms with Gasteiger partial charge in [-0.3, -0.25) is 14.4 Å². The molecule has 37 heavy (non-hydrogen) atoms. The number of hydrogen-bond acceptors (Lipinski definition) is 7. The van der Waals surface area contributed by atoms with E-state index < -0.39 is 5.92 Å². The molecule has 0 radical (unpaired) electrons. The first-order chi connectivity index (χ1) is 17.5. The summed E-state index contributed by atoms with van der Waals surface area (Å²) in [7, 11) is 1.73. The third-order valence-corrected chi connectivity index (χ3v) is 5.00. The molecule has 206 valence electrons. The van der Waals surface area contributed by atoms with Crippen LogP contribution in [0.4, 0.5) is 30.6 Å². The minimum absolute atomic E-state index is 0.0625. The summed E-state index contributed by atoms with van der Waals surface area (Å²) >= 11 is 0. The predicted molar refractivity (Wildman–Crippen MR) is 148 cm³/mol. The molecule has 1 saturated heterocycles. The van der Waals surface area contributed by atoms with Gasteiger partial charge in [-0.05, 0) is 65.4 Å². The van der Waals surface area contributed by atoms with Crippen LogP contribution in [-0.4, -0.2) is 62.9 Å². The number of nitrogen functional groups attached to an aromatic ring is 2. The Labute approximate surface area is 218 Å². The van der Waals surface area contributed by atoms with Gasteiger partial charge in [0.05, 0.1) is 30.3 Å². The minimum Gasteiger partial charge on any atom is -0.382 e. The van der Waals surface area contributed by atoms with Crippen LogP contribution in [0.15, 0.2) is 29.4 Å². The number of hydrogen-bond donors (Lipinski definition) is 2. The van der Waals surface area contributed by atoms with Gasteiger partial charge in [0.1, 0.15) is 5.52 Å². The Hall–Kier alpha value is -3.21. The standard InChI is InChI=1S/C15H17N7.C6H11F2N.C3H7F.C2H6/c1-8(2)18-11-4-5-12(19-9(11)3)10-6-7-22-13(10)14(16)20-15(17)21-22;1-9-4-2-3-6(7,8)5-9;1-2-3-4;1-2/h4-7H,1-3H3,(H4,16,17,20,21);2-5H2,1H3;2-3H2,1H3;1-2H3. The summed E-state index contributed by atoms with van der Waals surface area (Å²) in [5.41, 5.74) is 16.6. The molecule has 0 aliphatic carbocycles. The Morgan fingerprint density at radius 3 is 2.27 bits per heavy atom. The number of pyridine rings is 1. The molecule has 1 aliphatic rings. The third kappa shape index (κ3) is 9.99. The van der Waals surface area contributed by atoms with Crippen molar-refractivity contribution < 1.29 is 13.2 Å². The molecule has 1 aliphatic heterocycles. The molecule has 4 N–H and O–H groups in total. The van der Waals surface area contributed by atoms with Crippen LogP contribution in [0.5, 0.6) is 0 Å². The molecule has 3 aromatic rings. The van der Waals surface area contributed by atoms with Crippen molar-refractivity contribution in [3.05, 3.63) is 30.1 Å². The second kappa shape index (κ2) is 15.1. The van der Waals surface area contributed by atoms with Crippen molar-refractivity contribution in [1.82, 2.24) is 24.5 Å². The van der Waals surface area contributed by atoms with Crippen LogP contribution >= 0.6 is 0 Å². The highest BCUT2D eigenvalue weighted by atomic mass is 19.3. The lowest BCUT2D eigenvalue weighted by Crippen LogP contribution is -2.39. The lowest BCUT2D eigenvalue weighted by Gasteiger charge is -2.28. The predicted octanol–water partition coefficient (Wildman–Crippen LogP) is 6.12. The van der Waals surface area contributed by atoms with Crippen LogP contribution in [0.2, 0.25) is 0 Å². The second-order valence-electron chi connectivity index (χ2n) is 8.62. The van der Waals surface area contributed by atoms with E-state index in [0.29, 0.717) is 24.2 Å². The maximum Gasteiger partial charge on any atom is 0.260 e. The highest BCUT2D eigenvalue weighted by Gasteiger charge is 2.33. The van der Waals surface area contributed by atoms with E-state index in [1.807, 2.05) is 52.8 Å². The number of aryl methyl sites for hydroxylation is 1. The fraction of sp³-hybridized carbons (Fsp3) is 0.538. The highest BCUT2D eigenvalue weighted by Crippen LogP contribution is 2.29. The molecule has 1 fully saturated rings. The number of nitrogens with zero attached hydrogens (tertiary/aromatic N) is 6. The summed E-state index contributed by atoms with van der Waals surface area (Å²) in [5, 5.41) is 4.12. The Morgan fingerprint density at radius 2 is 1.78 bits per heavy atom. The number of halogens is 3. The second-order valence-corrected chi connectivity index (χ2v) is 8.62. The fourth-order valence-electron chi connectivity index (χ4n) is 3.50. The van der Waals surface area contributed by atoms with E-state index in [1.54, 1.807) is 29.6 Å². The molecule has 0 amide bonds. The van der Waals surface area contributed by atoms with Crippen molar-refractivity contribution in [2.75, 3.05) is 38.3 Å². The Balaban J connectivity index is 0.000000378. The van der Waals surface area contributed by atoms with Crippen molar-refractivity contribution in [3.8, 4) is 11.3 Å². The SMILES string of the molecule is CC.CC(C)=Nc1ccc(-c2ccn3nc(N)nc(N)c23)nc1C.CCCF.CN1CCCC(F)(F)C1. The average molecular weight is 523 g/mol. The number of rotatable bonds is 3. The summed E-state index contributed by atoms with van der Waals surface area (Å²) in [6, 6.07) is 5.76. The number of likely N-dealkylation sites (tertiary alicyclic amines) is 1. The molecule has 0 spiro atoms. The number of piperidine rings is 1. The zero-order valence-electron chi connectivity index (χ0n) is 23.0. The first-order valence-electron chi connectivity index (χ1n) is 12.5. The summed E-state index contributed by atoms with van der Waals surface area (Å²) < 4.78 is 37.2. The summed E-state index contributed by atoms with van der Waals surface area (Å²) in [6.45, 7) is 12.2. The van der Waals surface area contributed by atoms with E-state index in [-0.39, 0.29) is 25.6 Å². The van der Waals surface area contributed by atoms with Crippen LogP contribution in [0.25, 0.3) is 16.8 Å². The van der Waals surface area contributed by atoms with Gasteiger partial charge in [-0.1, -0.05) is 20.8 Å². The molecule has 4 rings (SSSR count). The van der Waals surface area contributed by atoms with Gasteiger partial charge in [0.25, 0.3) is 5.92 Å². The maximum absolute atomic E-state index is 12.4. The van der Waals surface area contributed by atoms with Gasteiger partial charge < -0.3 is 16.4 Å². The number of anilines is 2. The lowest BCUT2D eigenvalue weighted by molar-refractivity contribution is -0.0571. The van der Waals surface area contributed by atoms with Crippen LogP contribution in [0.1, 0.15) is 59.6 Å². The first kappa shape index (κ1) is 31.8.